The second kappa shape index (κ2) is 5.66. The van der Waals surface area contributed by atoms with Gasteiger partial charge in [0.15, 0.2) is 0 Å². The average Bonchev–Trinajstić information content (AvgIpc) is 2.16. The van der Waals surface area contributed by atoms with E-state index in [4.69, 9.17) is 9.57 Å². The monoisotopic (exact) mass is 287 g/mol. The lowest BCUT2D eigenvalue weighted by Crippen LogP contribution is -2.28. The van der Waals surface area contributed by atoms with Crippen molar-refractivity contribution in [1.82, 2.24) is 5.48 Å². The maximum atomic E-state index is 5.43. The van der Waals surface area contributed by atoms with Crippen LogP contribution in [0.15, 0.2) is 22.7 Å². The van der Waals surface area contributed by atoms with Crippen molar-refractivity contribution in [2.75, 3.05) is 7.11 Å². The molecule has 0 aliphatic carbocycles. The van der Waals surface area contributed by atoms with Crippen LogP contribution in [0.25, 0.3) is 0 Å². The van der Waals surface area contributed by atoms with Gasteiger partial charge in [0.25, 0.3) is 0 Å². The number of ether oxygens (including phenoxy) is 1. The van der Waals surface area contributed by atoms with Crippen LogP contribution >= 0.6 is 15.9 Å². The van der Waals surface area contributed by atoms with E-state index in [2.05, 4.69) is 21.4 Å². The molecule has 0 aliphatic rings. The van der Waals surface area contributed by atoms with Gasteiger partial charge >= 0.3 is 0 Å². The SMILES string of the molecule is COc1ccc(CNOC(C)(C)C)cc1Br. The highest BCUT2D eigenvalue weighted by atomic mass is 79.9. The Morgan fingerprint density at radius 2 is 2.00 bits per heavy atom. The zero-order valence-electron chi connectivity index (χ0n) is 10.1. The minimum atomic E-state index is -0.177. The Balaban J connectivity index is 2.52. The normalized spacial score (nSPS) is 11.6. The van der Waals surface area contributed by atoms with Crippen molar-refractivity contribution in [3.05, 3.63) is 28.2 Å². The summed E-state index contributed by atoms with van der Waals surface area (Å²) in [5, 5.41) is 0. The van der Waals surface area contributed by atoms with Gasteiger partial charge in [0.1, 0.15) is 5.75 Å². The molecule has 0 bridgehead atoms. The van der Waals surface area contributed by atoms with Gasteiger partial charge < -0.3 is 4.74 Å². The number of methoxy groups -OCH3 is 1. The molecule has 3 nitrogen and oxygen atoms in total. The molecule has 0 fully saturated rings. The highest BCUT2D eigenvalue weighted by molar-refractivity contribution is 9.10. The van der Waals surface area contributed by atoms with Crippen molar-refractivity contribution < 1.29 is 9.57 Å². The summed E-state index contributed by atoms with van der Waals surface area (Å²) in [5.41, 5.74) is 3.90. The molecule has 0 aliphatic heterocycles. The zero-order valence-corrected chi connectivity index (χ0v) is 11.7. The first-order valence-electron chi connectivity index (χ1n) is 5.15. The van der Waals surface area contributed by atoms with E-state index in [0.29, 0.717) is 6.54 Å². The van der Waals surface area contributed by atoms with Crippen LogP contribution in [0, 0.1) is 0 Å². The Labute approximate surface area is 105 Å². The third-order valence-electron chi connectivity index (χ3n) is 1.87. The zero-order chi connectivity index (χ0) is 12.2. The largest absolute Gasteiger partial charge is 0.496 e. The van der Waals surface area contributed by atoms with E-state index in [1.807, 2.05) is 39.0 Å². The molecule has 16 heavy (non-hydrogen) atoms. The molecular formula is C12H18BrNO2. The molecule has 90 valence electrons. The molecular weight excluding hydrogens is 270 g/mol. The van der Waals surface area contributed by atoms with E-state index in [-0.39, 0.29) is 5.60 Å². The van der Waals surface area contributed by atoms with Gasteiger partial charge in [-0.15, -0.1) is 0 Å². The molecule has 0 radical (unpaired) electrons. The molecule has 0 unspecified atom stereocenters. The summed E-state index contributed by atoms with van der Waals surface area (Å²) < 4.78 is 6.11. The first kappa shape index (κ1) is 13.5. The van der Waals surface area contributed by atoms with Crippen molar-refractivity contribution in [2.45, 2.75) is 32.9 Å². The molecule has 0 saturated carbocycles. The first-order valence-corrected chi connectivity index (χ1v) is 5.95. The molecule has 1 rings (SSSR count). The fourth-order valence-electron chi connectivity index (χ4n) is 1.16. The smallest absolute Gasteiger partial charge is 0.133 e. The van der Waals surface area contributed by atoms with Gasteiger partial charge in [0.05, 0.1) is 17.2 Å². The van der Waals surface area contributed by atoms with Crippen molar-refractivity contribution >= 4 is 15.9 Å². The van der Waals surface area contributed by atoms with E-state index in [0.717, 1.165) is 15.8 Å². The standard InChI is InChI=1S/C12H18BrNO2/c1-12(2,3)16-14-8-9-5-6-11(15-4)10(13)7-9/h5-7,14H,8H2,1-4H3. The maximum Gasteiger partial charge on any atom is 0.133 e. The topological polar surface area (TPSA) is 30.5 Å². The number of benzene rings is 1. The van der Waals surface area contributed by atoms with Gasteiger partial charge in [-0.05, 0) is 54.4 Å². The Bertz CT molecular complexity index is 347. The van der Waals surface area contributed by atoms with Crippen molar-refractivity contribution in [2.24, 2.45) is 0 Å². The van der Waals surface area contributed by atoms with E-state index < -0.39 is 0 Å². The minimum Gasteiger partial charge on any atom is -0.496 e. The number of hydrogen-bond donors (Lipinski definition) is 1. The van der Waals surface area contributed by atoms with E-state index in [1.165, 1.54) is 0 Å². The number of nitrogens with one attached hydrogen (secondary N) is 1. The summed E-state index contributed by atoms with van der Waals surface area (Å²) >= 11 is 3.45. The third kappa shape index (κ3) is 4.51. The van der Waals surface area contributed by atoms with Crippen LogP contribution in [0.1, 0.15) is 26.3 Å². The predicted molar refractivity (Wildman–Crippen MR) is 68.4 cm³/mol. The Kier molecular flexibility index (Phi) is 4.77. The van der Waals surface area contributed by atoms with Crippen LogP contribution in [-0.2, 0) is 11.4 Å². The highest BCUT2D eigenvalue weighted by Gasteiger charge is 2.10. The van der Waals surface area contributed by atoms with Gasteiger partial charge in [-0.3, -0.25) is 4.84 Å². The number of hydrogen-bond acceptors (Lipinski definition) is 3. The van der Waals surface area contributed by atoms with E-state index in [9.17, 15) is 0 Å². The lowest BCUT2D eigenvalue weighted by molar-refractivity contribution is -0.0757. The van der Waals surface area contributed by atoms with E-state index >= 15 is 0 Å². The van der Waals surface area contributed by atoms with Crippen LogP contribution in [0.2, 0.25) is 0 Å². The molecule has 0 amide bonds. The molecule has 4 heteroatoms. The van der Waals surface area contributed by atoms with Crippen LogP contribution in [0.3, 0.4) is 0 Å². The number of rotatable bonds is 4. The fraction of sp³-hybridized carbons (Fsp3) is 0.500. The molecule has 0 spiro atoms. The van der Waals surface area contributed by atoms with Gasteiger partial charge in [-0.1, -0.05) is 6.07 Å². The molecule has 0 aromatic heterocycles. The summed E-state index contributed by atoms with van der Waals surface area (Å²) in [6.45, 7) is 6.68. The predicted octanol–water partition coefficient (Wildman–Crippen LogP) is 3.28. The lowest BCUT2D eigenvalue weighted by Gasteiger charge is -2.19. The quantitative estimate of drug-likeness (QED) is 0.862. The van der Waals surface area contributed by atoms with Gasteiger partial charge in [-0.2, -0.15) is 5.48 Å². The maximum absolute atomic E-state index is 5.43. The molecule has 0 atom stereocenters. The van der Waals surface area contributed by atoms with Crippen LogP contribution in [0.4, 0.5) is 0 Å². The van der Waals surface area contributed by atoms with Gasteiger partial charge in [0.2, 0.25) is 0 Å². The molecule has 1 aromatic carbocycles. The van der Waals surface area contributed by atoms with Gasteiger partial charge in [0, 0.05) is 6.54 Å². The number of halogens is 1. The summed E-state index contributed by atoms with van der Waals surface area (Å²) in [6.07, 6.45) is 0. The number of hydroxylamine groups is 1. The van der Waals surface area contributed by atoms with Crippen LogP contribution in [0.5, 0.6) is 5.75 Å². The Morgan fingerprint density at radius 1 is 1.31 bits per heavy atom. The summed E-state index contributed by atoms with van der Waals surface area (Å²) in [6, 6.07) is 5.94. The summed E-state index contributed by atoms with van der Waals surface area (Å²) in [7, 11) is 1.65. The molecule has 0 saturated heterocycles. The van der Waals surface area contributed by atoms with Crippen molar-refractivity contribution in [3.63, 3.8) is 0 Å². The molecule has 1 aromatic rings. The fourth-order valence-corrected chi connectivity index (χ4v) is 1.74. The minimum absolute atomic E-state index is 0.177. The van der Waals surface area contributed by atoms with E-state index in [1.54, 1.807) is 7.11 Å². The van der Waals surface area contributed by atoms with Crippen LogP contribution in [-0.4, -0.2) is 12.7 Å². The average molecular weight is 288 g/mol. The third-order valence-corrected chi connectivity index (χ3v) is 2.49. The summed E-state index contributed by atoms with van der Waals surface area (Å²) in [5.74, 6) is 0.834. The second-order valence-electron chi connectivity index (χ2n) is 4.50. The van der Waals surface area contributed by atoms with Gasteiger partial charge in [-0.25, -0.2) is 0 Å². The first-order chi connectivity index (χ1) is 7.42. The van der Waals surface area contributed by atoms with Crippen molar-refractivity contribution in [1.29, 1.82) is 0 Å². The second-order valence-corrected chi connectivity index (χ2v) is 5.36. The molecule has 1 N–H and O–H groups in total. The Morgan fingerprint density at radius 3 is 2.50 bits per heavy atom. The highest BCUT2D eigenvalue weighted by Crippen LogP contribution is 2.25. The lowest BCUT2D eigenvalue weighted by atomic mass is 10.2. The molecule has 0 heterocycles. The Hall–Kier alpha value is -0.580. The van der Waals surface area contributed by atoms with Crippen molar-refractivity contribution in [3.8, 4) is 5.75 Å². The summed E-state index contributed by atoms with van der Waals surface area (Å²) in [4.78, 5) is 5.43. The van der Waals surface area contributed by atoms with Crippen LogP contribution < -0.4 is 10.2 Å².